The van der Waals surface area contributed by atoms with E-state index in [1.165, 1.54) is 7.11 Å². The summed E-state index contributed by atoms with van der Waals surface area (Å²) in [7, 11) is 1.34. The van der Waals surface area contributed by atoms with Gasteiger partial charge in [0.2, 0.25) is 6.23 Å². The molecule has 1 rings (SSSR count). The molecule has 0 bridgehead atoms. The number of carbonyl (C=O) groups is 2. The molecular weight excluding hydrogens is 186 g/mol. The second-order valence-electron chi connectivity index (χ2n) is 4.31. The minimum Gasteiger partial charge on any atom is -0.448 e. The van der Waals surface area contributed by atoms with Gasteiger partial charge in [0.25, 0.3) is 5.91 Å². The maximum Gasteiger partial charge on any atom is 0.357 e. The molecule has 1 N–H and O–H groups in total. The third-order valence-corrected chi connectivity index (χ3v) is 1.98. The summed E-state index contributed by atoms with van der Waals surface area (Å²) < 4.78 is 9.72. The molecule has 1 heterocycles. The standard InChI is InChI=1S/C9H15NO4/c1-9(2,3)5-6(11)10-7(13-4)8(12)14-5/h5,7H,1-4H3,(H,10,11)/t5-,7-/m1/s1. The van der Waals surface area contributed by atoms with Crippen LogP contribution in [-0.2, 0) is 19.1 Å². The number of cyclic esters (lactones) is 1. The Hall–Kier alpha value is -1.10. The largest absolute Gasteiger partial charge is 0.448 e. The lowest BCUT2D eigenvalue weighted by Gasteiger charge is -2.34. The van der Waals surface area contributed by atoms with Gasteiger partial charge in [-0.1, -0.05) is 20.8 Å². The first kappa shape index (κ1) is 11.0. The summed E-state index contributed by atoms with van der Waals surface area (Å²) in [6, 6.07) is 0. The Bertz CT molecular complexity index is 256. The summed E-state index contributed by atoms with van der Waals surface area (Å²) >= 11 is 0. The van der Waals surface area contributed by atoms with Crippen LogP contribution in [0.2, 0.25) is 0 Å². The summed E-state index contributed by atoms with van der Waals surface area (Å²) in [4.78, 5) is 22.8. The van der Waals surface area contributed by atoms with Crippen molar-refractivity contribution in [3.8, 4) is 0 Å². The Balaban J connectivity index is 2.77. The monoisotopic (exact) mass is 201 g/mol. The number of rotatable bonds is 1. The Kier molecular flexibility index (Phi) is 2.80. The fourth-order valence-electron chi connectivity index (χ4n) is 1.22. The molecule has 0 unspecified atom stereocenters. The van der Waals surface area contributed by atoms with Gasteiger partial charge in [-0.05, 0) is 0 Å². The van der Waals surface area contributed by atoms with Crippen molar-refractivity contribution in [2.45, 2.75) is 33.1 Å². The molecule has 0 aromatic rings. The van der Waals surface area contributed by atoms with Crippen LogP contribution in [0, 0.1) is 5.41 Å². The van der Waals surface area contributed by atoms with Gasteiger partial charge in [0.05, 0.1) is 0 Å². The van der Waals surface area contributed by atoms with Crippen LogP contribution in [0.1, 0.15) is 20.8 Å². The molecule has 2 atom stereocenters. The number of nitrogens with one attached hydrogen (secondary N) is 1. The highest BCUT2D eigenvalue weighted by molar-refractivity contribution is 5.92. The van der Waals surface area contributed by atoms with E-state index in [0.29, 0.717) is 0 Å². The SMILES string of the molecule is CO[C@H]1NC(=O)[C@H](C(C)(C)C)OC1=O. The fourth-order valence-corrected chi connectivity index (χ4v) is 1.22. The van der Waals surface area contributed by atoms with Crippen molar-refractivity contribution in [2.75, 3.05) is 7.11 Å². The molecule has 1 aliphatic rings. The zero-order valence-electron chi connectivity index (χ0n) is 8.79. The zero-order valence-corrected chi connectivity index (χ0v) is 8.79. The first-order valence-electron chi connectivity index (χ1n) is 4.40. The van der Waals surface area contributed by atoms with Crippen LogP contribution in [0.25, 0.3) is 0 Å². The molecule has 80 valence electrons. The average Bonchev–Trinajstić information content (AvgIpc) is 2.06. The van der Waals surface area contributed by atoms with Crippen molar-refractivity contribution in [3.63, 3.8) is 0 Å². The van der Waals surface area contributed by atoms with E-state index in [-0.39, 0.29) is 5.91 Å². The Morgan fingerprint density at radius 1 is 1.36 bits per heavy atom. The second-order valence-corrected chi connectivity index (χ2v) is 4.31. The first-order valence-corrected chi connectivity index (χ1v) is 4.40. The fraction of sp³-hybridized carbons (Fsp3) is 0.778. The van der Waals surface area contributed by atoms with E-state index in [1.54, 1.807) is 0 Å². The molecule has 1 fully saturated rings. The number of ether oxygens (including phenoxy) is 2. The lowest BCUT2D eigenvalue weighted by molar-refractivity contribution is -0.185. The molecule has 0 aromatic heterocycles. The molecule has 0 spiro atoms. The van der Waals surface area contributed by atoms with Gasteiger partial charge < -0.3 is 14.8 Å². The lowest BCUT2D eigenvalue weighted by atomic mass is 9.88. The van der Waals surface area contributed by atoms with E-state index in [4.69, 9.17) is 9.47 Å². The van der Waals surface area contributed by atoms with Gasteiger partial charge in [0, 0.05) is 12.5 Å². The molecular formula is C9H15NO4. The van der Waals surface area contributed by atoms with Gasteiger partial charge in [-0.25, -0.2) is 4.79 Å². The van der Waals surface area contributed by atoms with Gasteiger partial charge >= 0.3 is 5.97 Å². The zero-order chi connectivity index (χ0) is 10.9. The van der Waals surface area contributed by atoms with Crippen LogP contribution in [-0.4, -0.2) is 31.3 Å². The van der Waals surface area contributed by atoms with Crippen LogP contribution in [0.4, 0.5) is 0 Å². The van der Waals surface area contributed by atoms with Crippen LogP contribution in [0.3, 0.4) is 0 Å². The Morgan fingerprint density at radius 3 is 2.36 bits per heavy atom. The van der Waals surface area contributed by atoms with Crippen LogP contribution in [0.15, 0.2) is 0 Å². The third kappa shape index (κ3) is 2.04. The number of esters is 1. The molecule has 0 aromatic carbocycles. The van der Waals surface area contributed by atoms with E-state index >= 15 is 0 Å². The smallest absolute Gasteiger partial charge is 0.357 e. The van der Waals surface area contributed by atoms with Gasteiger partial charge in [0.15, 0.2) is 6.10 Å². The summed E-state index contributed by atoms with van der Waals surface area (Å²) in [6.45, 7) is 5.49. The first-order chi connectivity index (χ1) is 6.36. The van der Waals surface area contributed by atoms with Gasteiger partial charge in [0.1, 0.15) is 0 Å². The molecule has 0 radical (unpaired) electrons. The van der Waals surface area contributed by atoms with Crippen molar-refractivity contribution < 1.29 is 19.1 Å². The minimum atomic E-state index is -0.971. The predicted molar refractivity (Wildman–Crippen MR) is 48.3 cm³/mol. The van der Waals surface area contributed by atoms with Crippen LogP contribution in [0.5, 0.6) is 0 Å². The molecule has 5 heteroatoms. The Morgan fingerprint density at radius 2 is 1.93 bits per heavy atom. The lowest BCUT2D eigenvalue weighted by Crippen LogP contribution is -2.58. The van der Waals surface area contributed by atoms with Gasteiger partial charge in [-0.2, -0.15) is 0 Å². The number of hydrogen-bond donors (Lipinski definition) is 1. The average molecular weight is 201 g/mol. The quantitative estimate of drug-likeness (QED) is 0.609. The van der Waals surface area contributed by atoms with Crippen molar-refractivity contribution in [3.05, 3.63) is 0 Å². The highest BCUT2D eigenvalue weighted by Gasteiger charge is 2.42. The number of methoxy groups -OCH3 is 1. The molecule has 1 aliphatic heterocycles. The van der Waals surface area contributed by atoms with Crippen LogP contribution < -0.4 is 5.32 Å². The van der Waals surface area contributed by atoms with Crippen molar-refractivity contribution in [1.82, 2.24) is 5.32 Å². The minimum absolute atomic E-state index is 0.316. The van der Waals surface area contributed by atoms with Crippen molar-refractivity contribution >= 4 is 11.9 Å². The number of amides is 1. The molecule has 0 saturated carbocycles. The molecule has 1 amide bonds. The number of morpholine rings is 1. The Labute approximate surface area is 82.8 Å². The van der Waals surface area contributed by atoms with Gasteiger partial charge in [-0.3, -0.25) is 4.79 Å². The summed E-state index contributed by atoms with van der Waals surface area (Å²) in [5.41, 5.74) is -0.404. The number of carbonyl (C=O) groups excluding carboxylic acids is 2. The van der Waals surface area contributed by atoms with Crippen molar-refractivity contribution in [1.29, 1.82) is 0 Å². The topological polar surface area (TPSA) is 64.6 Å². The second kappa shape index (κ2) is 3.57. The highest BCUT2D eigenvalue weighted by Crippen LogP contribution is 2.25. The van der Waals surface area contributed by atoms with E-state index in [9.17, 15) is 9.59 Å². The van der Waals surface area contributed by atoms with E-state index in [1.807, 2.05) is 20.8 Å². The summed E-state index contributed by atoms with van der Waals surface area (Å²) in [5, 5.41) is 2.44. The van der Waals surface area contributed by atoms with Crippen molar-refractivity contribution in [2.24, 2.45) is 5.41 Å². The summed E-state index contributed by atoms with van der Waals surface area (Å²) in [6.07, 6.45) is -1.72. The van der Waals surface area contributed by atoms with Gasteiger partial charge in [-0.15, -0.1) is 0 Å². The van der Waals surface area contributed by atoms with E-state index < -0.39 is 23.7 Å². The molecule has 14 heavy (non-hydrogen) atoms. The maximum absolute atomic E-state index is 11.5. The summed E-state index contributed by atoms with van der Waals surface area (Å²) in [5.74, 6) is -0.865. The molecule has 1 saturated heterocycles. The van der Waals surface area contributed by atoms with E-state index in [0.717, 1.165) is 0 Å². The third-order valence-electron chi connectivity index (χ3n) is 1.98. The molecule has 0 aliphatic carbocycles. The van der Waals surface area contributed by atoms with E-state index in [2.05, 4.69) is 5.32 Å². The normalized spacial score (nSPS) is 28.3. The highest BCUT2D eigenvalue weighted by atomic mass is 16.6. The predicted octanol–water partition coefficient (Wildman–Crippen LogP) is 0.0466. The number of hydrogen-bond acceptors (Lipinski definition) is 4. The maximum atomic E-state index is 11.5. The van der Waals surface area contributed by atoms with Crippen LogP contribution >= 0.6 is 0 Å². The molecule has 5 nitrogen and oxygen atoms in total.